The van der Waals surface area contributed by atoms with Crippen molar-refractivity contribution in [1.82, 2.24) is 0 Å². The molecule has 6 nitrogen and oxygen atoms in total. The first kappa shape index (κ1) is 21.8. The van der Waals surface area contributed by atoms with Crippen molar-refractivity contribution < 1.29 is 45.1 Å². The zero-order chi connectivity index (χ0) is 22.1. The van der Waals surface area contributed by atoms with E-state index in [-0.39, 0.29) is 29.5 Å². The van der Waals surface area contributed by atoms with Crippen LogP contribution < -0.4 is 5.32 Å². The summed E-state index contributed by atoms with van der Waals surface area (Å²) >= 11 is 0. The van der Waals surface area contributed by atoms with Gasteiger partial charge in [0.15, 0.2) is 0 Å². The van der Waals surface area contributed by atoms with Crippen LogP contribution in [0.3, 0.4) is 0 Å². The minimum atomic E-state index is -5.15. The Kier molecular flexibility index (Phi) is 5.64. The fourth-order valence-corrected chi connectivity index (χ4v) is 2.35. The van der Waals surface area contributed by atoms with E-state index in [1.165, 1.54) is 6.92 Å². The summed E-state index contributed by atoms with van der Waals surface area (Å²) < 4.78 is 87.0. The molecule has 1 N–H and O–H groups in total. The van der Waals surface area contributed by atoms with Gasteiger partial charge in [-0.15, -0.1) is 0 Å². The number of carbonyl (C=O) groups excluding carboxylic acids is 2. The van der Waals surface area contributed by atoms with Crippen LogP contribution in [0.5, 0.6) is 0 Å². The Labute approximate surface area is 158 Å². The number of nitrogens with one attached hydrogen (secondary N) is 1. The number of methoxy groups -OCH3 is 1. The molecule has 2 rings (SSSR count). The summed E-state index contributed by atoms with van der Waals surface area (Å²) in [5.41, 5.74) is -5.20. The number of esters is 1. The van der Waals surface area contributed by atoms with Crippen molar-refractivity contribution in [3.63, 3.8) is 0 Å². The summed E-state index contributed by atoms with van der Waals surface area (Å²) in [6.45, 7) is 1.24. The number of hydrogen-bond acceptors (Lipinski definition) is 5. The van der Waals surface area contributed by atoms with E-state index in [1.807, 2.05) is 5.32 Å². The number of halogens is 6. The van der Waals surface area contributed by atoms with Gasteiger partial charge in [0.05, 0.1) is 18.2 Å². The standard InChI is InChI=1S/C17H10F6N2O4/c1-7-12(15(27)28-2)11(6-24)14(29-7)25-13(26)8-3-9(16(18,19)20)5-10(4-8)17(21,22)23/h3-5H,1-2H3,(H,25,26). The molecule has 1 aromatic heterocycles. The molecular weight excluding hydrogens is 410 g/mol. The number of rotatable bonds is 3. The molecule has 1 amide bonds. The van der Waals surface area contributed by atoms with E-state index in [2.05, 4.69) is 4.74 Å². The van der Waals surface area contributed by atoms with Crippen LogP contribution in [0.25, 0.3) is 0 Å². The van der Waals surface area contributed by atoms with Gasteiger partial charge < -0.3 is 9.15 Å². The van der Waals surface area contributed by atoms with Gasteiger partial charge in [0.2, 0.25) is 5.88 Å². The van der Waals surface area contributed by atoms with Gasteiger partial charge in [-0.2, -0.15) is 31.6 Å². The maximum absolute atomic E-state index is 12.9. The molecular formula is C17H10F6N2O4. The van der Waals surface area contributed by atoms with Crippen LogP contribution >= 0.6 is 0 Å². The molecule has 0 atom stereocenters. The minimum absolute atomic E-state index is 0.135. The van der Waals surface area contributed by atoms with E-state index < -0.39 is 52.4 Å². The molecule has 1 aromatic carbocycles. The number of alkyl halides is 6. The van der Waals surface area contributed by atoms with Crippen molar-refractivity contribution in [3.05, 3.63) is 51.8 Å². The Bertz CT molecular complexity index is 982. The molecule has 154 valence electrons. The van der Waals surface area contributed by atoms with Crippen molar-refractivity contribution in [3.8, 4) is 6.07 Å². The van der Waals surface area contributed by atoms with Crippen molar-refractivity contribution in [2.75, 3.05) is 12.4 Å². The smallest absolute Gasteiger partial charge is 0.416 e. The third-order valence-electron chi connectivity index (χ3n) is 3.66. The highest BCUT2D eigenvalue weighted by Gasteiger charge is 2.37. The van der Waals surface area contributed by atoms with Gasteiger partial charge in [-0.05, 0) is 25.1 Å². The van der Waals surface area contributed by atoms with E-state index in [4.69, 9.17) is 4.42 Å². The van der Waals surface area contributed by atoms with E-state index in [9.17, 15) is 41.2 Å². The normalized spacial score (nSPS) is 11.7. The lowest BCUT2D eigenvalue weighted by atomic mass is 10.0. The number of anilines is 1. The Morgan fingerprint density at radius 1 is 1.07 bits per heavy atom. The van der Waals surface area contributed by atoms with Gasteiger partial charge in [0.25, 0.3) is 5.91 Å². The van der Waals surface area contributed by atoms with Gasteiger partial charge in [0, 0.05) is 5.56 Å². The number of hydrogen-bond donors (Lipinski definition) is 1. The van der Waals surface area contributed by atoms with E-state index >= 15 is 0 Å². The van der Waals surface area contributed by atoms with Crippen LogP contribution in [0.1, 0.15) is 43.2 Å². The summed E-state index contributed by atoms with van der Waals surface area (Å²) in [6.07, 6.45) is -10.3. The minimum Gasteiger partial charge on any atom is -0.465 e. The third-order valence-corrected chi connectivity index (χ3v) is 3.66. The molecule has 0 aliphatic rings. The maximum atomic E-state index is 12.9. The van der Waals surface area contributed by atoms with Gasteiger partial charge in [-0.1, -0.05) is 0 Å². The average Bonchev–Trinajstić information content (AvgIpc) is 2.94. The highest BCUT2D eigenvalue weighted by Crippen LogP contribution is 2.36. The SMILES string of the molecule is COC(=O)c1c(C)oc(NC(=O)c2cc(C(F)(F)F)cc(C(F)(F)F)c2)c1C#N. The molecule has 0 unspecified atom stereocenters. The highest BCUT2D eigenvalue weighted by molar-refractivity contribution is 6.05. The summed E-state index contributed by atoms with van der Waals surface area (Å²) in [4.78, 5) is 24.0. The summed E-state index contributed by atoms with van der Waals surface area (Å²) in [6, 6.07) is 1.86. The van der Waals surface area contributed by atoms with E-state index in [1.54, 1.807) is 6.07 Å². The zero-order valence-corrected chi connectivity index (χ0v) is 14.6. The van der Waals surface area contributed by atoms with Crippen molar-refractivity contribution in [2.45, 2.75) is 19.3 Å². The molecule has 2 aromatic rings. The van der Waals surface area contributed by atoms with E-state index in [0.29, 0.717) is 0 Å². The van der Waals surface area contributed by atoms with Crippen molar-refractivity contribution in [2.24, 2.45) is 0 Å². The quantitative estimate of drug-likeness (QED) is 0.582. The maximum Gasteiger partial charge on any atom is 0.416 e. The monoisotopic (exact) mass is 420 g/mol. The molecule has 0 saturated carbocycles. The number of nitriles is 1. The fraction of sp³-hybridized carbons (Fsp3) is 0.235. The topological polar surface area (TPSA) is 92.3 Å². The van der Waals surface area contributed by atoms with Crippen LogP contribution in [0, 0.1) is 18.3 Å². The van der Waals surface area contributed by atoms with Gasteiger partial charge in [0.1, 0.15) is 23.0 Å². The number of furan rings is 1. The summed E-state index contributed by atoms with van der Waals surface area (Å²) in [7, 11) is 1.01. The first-order valence-corrected chi connectivity index (χ1v) is 7.52. The second-order valence-corrected chi connectivity index (χ2v) is 5.59. The molecule has 0 fully saturated rings. The molecule has 0 aliphatic heterocycles. The van der Waals surface area contributed by atoms with Crippen LogP contribution in [0.2, 0.25) is 0 Å². The van der Waals surface area contributed by atoms with Crippen molar-refractivity contribution in [1.29, 1.82) is 5.26 Å². The summed E-state index contributed by atoms with van der Waals surface area (Å²) in [5, 5.41) is 11.1. The van der Waals surface area contributed by atoms with Crippen molar-refractivity contribution >= 4 is 17.8 Å². The molecule has 0 spiro atoms. The lowest BCUT2D eigenvalue weighted by molar-refractivity contribution is -0.143. The number of benzene rings is 1. The number of ether oxygens (including phenoxy) is 1. The number of aryl methyl sites for hydroxylation is 1. The molecule has 29 heavy (non-hydrogen) atoms. The Morgan fingerprint density at radius 3 is 2.00 bits per heavy atom. The molecule has 0 aliphatic carbocycles. The van der Waals surface area contributed by atoms with Gasteiger partial charge >= 0.3 is 18.3 Å². The zero-order valence-electron chi connectivity index (χ0n) is 14.6. The molecule has 12 heteroatoms. The number of amides is 1. The second kappa shape index (κ2) is 7.50. The van der Waals surface area contributed by atoms with Crippen LogP contribution in [-0.2, 0) is 17.1 Å². The Morgan fingerprint density at radius 2 is 1.59 bits per heavy atom. The molecule has 0 bridgehead atoms. The van der Waals surface area contributed by atoms with Gasteiger partial charge in [-0.3, -0.25) is 10.1 Å². The largest absolute Gasteiger partial charge is 0.465 e. The molecule has 0 radical (unpaired) electrons. The van der Waals surface area contributed by atoms with Crippen LogP contribution in [0.4, 0.5) is 32.2 Å². The fourth-order valence-electron chi connectivity index (χ4n) is 2.35. The molecule has 0 saturated heterocycles. The van der Waals surface area contributed by atoms with Gasteiger partial charge in [-0.25, -0.2) is 4.79 Å². The lowest BCUT2D eigenvalue weighted by Gasteiger charge is -2.13. The third kappa shape index (κ3) is 4.50. The predicted molar refractivity (Wildman–Crippen MR) is 83.9 cm³/mol. The number of nitrogens with zero attached hydrogens (tertiary/aromatic N) is 1. The predicted octanol–water partition coefficient (Wildman–Crippen LogP) is 4.54. The molecule has 1 heterocycles. The Hall–Kier alpha value is -3.49. The Balaban J connectivity index is 2.52. The average molecular weight is 420 g/mol. The second-order valence-electron chi connectivity index (χ2n) is 5.59. The first-order valence-electron chi connectivity index (χ1n) is 7.52. The first-order chi connectivity index (χ1) is 13.3. The van der Waals surface area contributed by atoms with E-state index in [0.717, 1.165) is 7.11 Å². The highest BCUT2D eigenvalue weighted by atomic mass is 19.4. The lowest BCUT2D eigenvalue weighted by Crippen LogP contribution is -2.17. The van der Waals surface area contributed by atoms with Crippen LogP contribution in [0.15, 0.2) is 22.6 Å². The van der Waals surface area contributed by atoms with Crippen LogP contribution in [-0.4, -0.2) is 19.0 Å². The number of carbonyl (C=O) groups is 2. The summed E-state index contributed by atoms with van der Waals surface area (Å²) in [5.74, 6) is -3.17.